The van der Waals surface area contributed by atoms with Gasteiger partial charge in [-0.05, 0) is 0 Å². The van der Waals surface area contributed by atoms with Gasteiger partial charge in [-0.15, -0.1) is 18.8 Å². The summed E-state index contributed by atoms with van der Waals surface area (Å²) < 4.78 is 106. The first-order valence-corrected chi connectivity index (χ1v) is 12.3. The van der Waals surface area contributed by atoms with Crippen molar-refractivity contribution in [1.29, 1.82) is 0 Å². The number of fused-ring (bicyclic) bond motifs is 1. The van der Waals surface area contributed by atoms with Crippen LogP contribution in [0.1, 0.15) is 12.6 Å². The normalized spacial score (nSPS) is 20.0. The Morgan fingerprint density at radius 1 is 1.03 bits per heavy atom. The van der Waals surface area contributed by atoms with Gasteiger partial charge in [-0.2, -0.15) is 0 Å². The lowest BCUT2D eigenvalue weighted by molar-refractivity contribution is -0.0347. The van der Waals surface area contributed by atoms with E-state index in [1.54, 1.807) is 0 Å². The van der Waals surface area contributed by atoms with Crippen LogP contribution in [0.4, 0.5) is 38.3 Å². The molecule has 14 nitrogen and oxygen atoms in total. The molecular formula is C17H13F5N6O8P2+2. The fourth-order valence-electron chi connectivity index (χ4n) is 3.51. The minimum atomic E-state index is -3.07. The molecule has 4 rings (SSSR count). The first-order valence-electron chi connectivity index (χ1n) is 10.0. The number of benzene rings is 1. The Hall–Kier alpha value is -3.31. The molecule has 21 heteroatoms. The molecule has 1 aromatic carbocycles. The van der Waals surface area contributed by atoms with Crippen molar-refractivity contribution in [2.45, 2.75) is 24.9 Å². The third kappa shape index (κ3) is 5.58. The van der Waals surface area contributed by atoms with Crippen LogP contribution in [-0.2, 0) is 22.9 Å². The fourth-order valence-corrected chi connectivity index (χ4v) is 4.23. The molecule has 0 saturated carbocycles. The molecule has 1 fully saturated rings. The van der Waals surface area contributed by atoms with Crippen LogP contribution in [0.3, 0.4) is 0 Å². The number of rotatable bonds is 8. The maximum atomic E-state index is 13.9. The molecule has 1 aliphatic heterocycles. The van der Waals surface area contributed by atoms with E-state index in [0.29, 0.717) is 0 Å². The van der Waals surface area contributed by atoms with Gasteiger partial charge < -0.3 is 10.1 Å². The maximum absolute atomic E-state index is 13.9. The number of carbonyl (C=O) groups is 1. The second-order valence-electron chi connectivity index (χ2n) is 7.35. The number of amides is 2. The van der Waals surface area contributed by atoms with Crippen molar-refractivity contribution in [1.82, 2.24) is 19.5 Å². The van der Waals surface area contributed by atoms with Gasteiger partial charge in [-0.1, -0.05) is 0 Å². The first-order chi connectivity index (χ1) is 18.0. The molecule has 0 spiro atoms. The number of urea groups is 1. The van der Waals surface area contributed by atoms with E-state index in [2.05, 4.69) is 24.8 Å². The Bertz CT molecular complexity index is 1420. The van der Waals surface area contributed by atoms with Crippen LogP contribution in [0.5, 0.6) is 0 Å². The Balaban J connectivity index is 1.56. The lowest BCUT2D eigenvalue weighted by atomic mass is 10.2. The molecule has 202 valence electrons. The second kappa shape index (κ2) is 11.2. The number of nitrogens with one attached hydrogen (secondary N) is 2. The summed E-state index contributed by atoms with van der Waals surface area (Å²) in [7, 11) is -6.07. The predicted molar refractivity (Wildman–Crippen MR) is 113 cm³/mol. The lowest BCUT2D eigenvalue weighted by Crippen LogP contribution is -2.26. The SMILES string of the molecule is O=C(Nc1c(F)c(F)c(F)c(F)c1F)Nc1ncnc2c1ncn2[C@H]1C[C@H](O[P+](=O)O)[C@@H](CO[P+](=O)O)O1. The van der Waals surface area contributed by atoms with Gasteiger partial charge in [0.05, 0.1) is 6.33 Å². The molecule has 2 unspecified atom stereocenters. The van der Waals surface area contributed by atoms with Crippen molar-refractivity contribution < 1.29 is 59.4 Å². The molecule has 1 aliphatic rings. The molecule has 0 bridgehead atoms. The Kier molecular flexibility index (Phi) is 8.17. The van der Waals surface area contributed by atoms with Crippen molar-refractivity contribution in [3.8, 4) is 0 Å². The molecule has 0 radical (unpaired) electrons. The highest BCUT2D eigenvalue weighted by molar-refractivity contribution is 7.32. The summed E-state index contributed by atoms with van der Waals surface area (Å²) in [5.74, 6) is -11.8. The zero-order valence-corrected chi connectivity index (χ0v) is 20.0. The van der Waals surface area contributed by atoms with Crippen LogP contribution in [0.25, 0.3) is 11.2 Å². The third-order valence-electron chi connectivity index (χ3n) is 5.10. The van der Waals surface area contributed by atoms with Gasteiger partial charge in [0, 0.05) is 15.6 Å². The summed E-state index contributed by atoms with van der Waals surface area (Å²) in [5, 5.41) is 3.58. The molecule has 5 atom stereocenters. The molecule has 2 amide bonds. The van der Waals surface area contributed by atoms with E-state index in [1.165, 1.54) is 16.2 Å². The van der Waals surface area contributed by atoms with Crippen LogP contribution in [0.2, 0.25) is 0 Å². The van der Waals surface area contributed by atoms with Crippen molar-refractivity contribution in [2.75, 3.05) is 17.2 Å². The first kappa shape index (κ1) is 27.7. The van der Waals surface area contributed by atoms with Crippen LogP contribution < -0.4 is 10.6 Å². The smallest absolute Gasteiger partial charge is 0.349 e. The van der Waals surface area contributed by atoms with Crippen molar-refractivity contribution in [3.05, 3.63) is 41.7 Å². The highest BCUT2D eigenvalue weighted by Gasteiger charge is 2.44. The van der Waals surface area contributed by atoms with Crippen LogP contribution >= 0.6 is 16.5 Å². The molecule has 0 aliphatic carbocycles. The van der Waals surface area contributed by atoms with E-state index in [0.717, 1.165) is 6.33 Å². The monoisotopic (exact) mass is 586 g/mol. The van der Waals surface area contributed by atoms with Gasteiger partial charge >= 0.3 is 22.5 Å². The largest absolute Gasteiger partial charge is 0.695 e. The average Bonchev–Trinajstić information content (AvgIpc) is 3.47. The van der Waals surface area contributed by atoms with Crippen LogP contribution in [-0.4, -0.2) is 54.2 Å². The van der Waals surface area contributed by atoms with E-state index in [4.69, 9.17) is 19.0 Å². The molecular weight excluding hydrogens is 573 g/mol. The number of carbonyl (C=O) groups excluding carboxylic acids is 1. The van der Waals surface area contributed by atoms with Crippen molar-refractivity contribution in [3.63, 3.8) is 0 Å². The van der Waals surface area contributed by atoms with E-state index >= 15 is 0 Å². The topological polar surface area (TPSA) is 187 Å². The van der Waals surface area contributed by atoms with Gasteiger partial charge in [-0.3, -0.25) is 9.88 Å². The number of imidazole rings is 1. The standard InChI is InChI=1S/C17H11F5N6O8P2/c18-8-9(19)11(21)13(12(22)10(8)20)26-17(29)27-15-14-16(24-3-23-15)28(4-25-14)7-1-5(36-38(32)33)6(35-7)2-34-37(30)31/h3-7H,1-2H2,(H2-2,23,24,26,27,29,30,31,32,33)/p+2/t5-,6+,7+/m0/s1. The van der Waals surface area contributed by atoms with Gasteiger partial charge in [-0.25, -0.2) is 41.7 Å². The number of aromatic nitrogens is 4. The summed E-state index contributed by atoms with van der Waals surface area (Å²) in [4.78, 5) is 42.0. The van der Waals surface area contributed by atoms with E-state index in [1.807, 2.05) is 0 Å². The summed E-state index contributed by atoms with van der Waals surface area (Å²) in [6, 6.07) is -1.43. The predicted octanol–water partition coefficient (Wildman–Crippen LogP) is 3.15. The van der Waals surface area contributed by atoms with E-state index in [-0.39, 0.29) is 23.4 Å². The number of nitrogens with zero attached hydrogens (tertiary/aromatic N) is 4. The molecule has 4 N–H and O–H groups in total. The van der Waals surface area contributed by atoms with Gasteiger partial charge in [0.15, 0.2) is 40.3 Å². The number of anilines is 2. The molecule has 3 aromatic rings. The third-order valence-corrected chi connectivity index (χ3v) is 5.93. The average molecular weight is 586 g/mol. The zero-order valence-electron chi connectivity index (χ0n) is 18.2. The summed E-state index contributed by atoms with van der Waals surface area (Å²) >= 11 is 0. The second-order valence-corrected chi connectivity index (χ2v) is 8.77. The maximum Gasteiger partial charge on any atom is 0.695 e. The van der Waals surface area contributed by atoms with Crippen molar-refractivity contribution >= 4 is 45.2 Å². The molecule has 3 heterocycles. The lowest BCUT2D eigenvalue weighted by Gasteiger charge is -2.13. The van der Waals surface area contributed by atoms with Gasteiger partial charge in [0.25, 0.3) is 0 Å². The number of hydrogen-bond donors (Lipinski definition) is 4. The Labute approximate surface area is 208 Å². The minimum absolute atomic E-state index is 0.0125. The molecule has 38 heavy (non-hydrogen) atoms. The van der Waals surface area contributed by atoms with Crippen LogP contribution in [0, 0.1) is 29.1 Å². The van der Waals surface area contributed by atoms with Gasteiger partial charge in [0.1, 0.15) is 37.1 Å². The summed E-state index contributed by atoms with van der Waals surface area (Å²) in [5.41, 5.74) is -1.69. The Morgan fingerprint density at radius 3 is 2.32 bits per heavy atom. The minimum Gasteiger partial charge on any atom is -0.349 e. The molecule has 2 aromatic heterocycles. The van der Waals surface area contributed by atoms with E-state index < -0.39 is 82.4 Å². The van der Waals surface area contributed by atoms with Crippen LogP contribution in [0.15, 0.2) is 12.7 Å². The molecule has 1 saturated heterocycles. The highest BCUT2D eigenvalue weighted by atomic mass is 31.1. The van der Waals surface area contributed by atoms with Crippen molar-refractivity contribution in [2.24, 2.45) is 0 Å². The zero-order chi connectivity index (χ0) is 27.7. The van der Waals surface area contributed by atoms with E-state index in [9.17, 15) is 35.9 Å². The number of ether oxygens (including phenoxy) is 1. The quantitative estimate of drug-likeness (QED) is 0.131. The summed E-state index contributed by atoms with van der Waals surface area (Å²) in [6.07, 6.45) is -1.03. The summed E-state index contributed by atoms with van der Waals surface area (Å²) in [6.45, 7) is -0.470. The Morgan fingerprint density at radius 2 is 1.68 bits per heavy atom. The number of halogens is 5. The fraction of sp³-hybridized carbons (Fsp3) is 0.294. The highest BCUT2D eigenvalue weighted by Crippen LogP contribution is 2.38. The number of hydrogen-bond acceptors (Lipinski definition) is 9. The van der Waals surface area contributed by atoms with Gasteiger partial charge in [0.2, 0.25) is 5.82 Å².